The van der Waals surface area contributed by atoms with Crippen LogP contribution in [0.15, 0.2) is 99.6 Å². The van der Waals surface area contributed by atoms with Gasteiger partial charge in [-0.1, -0.05) is 36.4 Å². The number of ether oxygens (including phenoxy) is 1. The summed E-state index contributed by atoms with van der Waals surface area (Å²) in [7, 11) is -6.29. The SMILES string of the molecule is O=S(=O)([O-])C(C(F)CCOc1ccc([S+](c2ccccc2)c2ccccc2)cc1)C(F)(F)F. The van der Waals surface area contributed by atoms with Crippen molar-refractivity contribution in [3.63, 3.8) is 0 Å². The predicted molar refractivity (Wildman–Crippen MR) is 116 cm³/mol. The van der Waals surface area contributed by atoms with E-state index in [1.54, 1.807) is 12.1 Å². The summed E-state index contributed by atoms with van der Waals surface area (Å²) in [5.74, 6) is 0.282. The third kappa shape index (κ3) is 6.72. The average Bonchev–Trinajstić information content (AvgIpc) is 2.74. The fraction of sp³-hybridized carbons (Fsp3) is 0.217. The Balaban J connectivity index is 1.71. The summed E-state index contributed by atoms with van der Waals surface area (Å²) in [6, 6.07) is 26.5. The van der Waals surface area contributed by atoms with Gasteiger partial charge in [-0.05, 0) is 48.5 Å². The minimum absolute atomic E-state index is 0.282. The maximum Gasteiger partial charge on any atom is 0.407 e. The molecule has 0 N–H and O–H groups in total. The van der Waals surface area contributed by atoms with Gasteiger partial charge in [0.25, 0.3) is 0 Å². The molecule has 0 bridgehead atoms. The van der Waals surface area contributed by atoms with E-state index in [1.165, 1.54) is 0 Å². The van der Waals surface area contributed by atoms with E-state index in [0.717, 1.165) is 14.7 Å². The van der Waals surface area contributed by atoms with Gasteiger partial charge in [0, 0.05) is 6.42 Å². The van der Waals surface area contributed by atoms with Crippen molar-refractivity contribution < 1.29 is 35.3 Å². The maximum atomic E-state index is 13.9. The van der Waals surface area contributed by atoms with Crippen molar-refractivity contribution >= 4 is 21.0 Å². The number of rotatable bonds is 9. The monoisotopic (exact) mass is 500 g/mol. The zero-order valence-corrected chi connectivity index (χ0v) is 18.7. The van der Waals surface area contributed by atoms with Gasteiger partial charge < -0.3 is 9.29 Å². The third-order valence-electron chi connectivity index (χ3n) is 4.64. The first kappa shape index (κ1) is 25.1. The molecule has 0 heterocycles. The summed E-state index contributed by atoms with van der Waals surface area (Å²) in [6.45, 7) is -0.522. The lowest BCUT2D eigenvalue weighted by atomic mass is 10.2. The molecular formula is C23H20F4O4S2. The molecule has 10 heteroatoms. The molecule has 2 unspecified atom stereocenters. The van der Waals surface area contributed by atoms with Crippen LogP contribution in [0.3, 0.4) is 0 Å². The van der Waals surface area contributed by atoms with Gasteiger partial charge in [0.05, 0.1) is 17.5 Å². The molecule has 0 saturated carbocycles. The summed E-state index contributed by atoms with van der Waals surface area (Å²) in [5.41, 5.74) is 0. The van der Waals surface area contributed by atoms with Gasteiger partial charge in [-0.15, -0.1) is 0 Å². The number of hydrogen-bond donors (Lipinski definition) is 0. The van der Waals surface area contributed by atoms with Crippen LogP contribution in [0, 0.1) is 0 Å². The number of hydrogen-bond acceptors (Lipinski definition) is 4. The van der Waals surface area contributed by atoms with Crippen molar-refractivity contribution in [3.8, 4) is 5.75 Å². The highest BCUT2D eigenvalue weighted by Crippen LogP contribution is 2.33. The fourth-order valence-corrected chi connectivity index (χ4v) is 6.09. The largest absolute Gasteiger partial charge is 0.747 e. The molecule has 2 atom stereocenters. The Bertz CT molecular complexity index is 1080. The van der Waals surface area contributed by atoms with E-state index in [9.17, 15) is 30.5 Å². The predicted octanol–water partition coefficient (Wildman–Crippen LogP) is 5.37. The first-order chi connectivity index (χ1) is 15.6. The normalized spacial score (nSPS) is 14.1. The van der Waals surface area contributed by atoms with Crippen molar-refractivity contribution in [2.45, 2.75) is 38.7 Å². The smallest absolute Gasteiger partial charge is 0.407 e. The van der Waals surface area contributed by atoms with Crippen LogP contribution in [0.1, 0.15) is 6.42 Å². The number of benzene rings is 3. The Morgan fingerprint density at radius 2 is 1.27 bits per heavy atom. The van der Waals surface area contributed by atoms with Crippen LogP contribution in [0.2, 0.25) is 0 Å². The van der Waals surface area contributed by atoms with Gasteiger partial charge in [-0.3, -0.25) is 0 Å². The van der Waals surface area contributed by atoms with Crippen LogP contribution in [0.4, 0.5) is 17.6 Å². The summed E-state index contributed by atoms with van der Waals surface area (Å²) in [6.07, 6.45) is -9.31. The molecule has 3 aromatic carbocycles. The molecule has 0 saturated heterocycles. The molecule has 0 spiro atoms. The molecule has 3 aromatic rings. The van der Waals surface area contributed by atoms with Crippen molar-refractivity contribution in [2.75, 3.05) is 6.61 Å². The van der Waals surface area contributed by atoms with E-state index in [1.807, 2.05) is 72.8 Å². The van der Waals surface area contributed by atoms with Gasteiger partial charge in [0.15, 0.2) is 19.9 Å². The van der Waals surface area contributed by atoms with Gasteiger partial charge in [0.2, 0.25) is 0 Å². The average molecular weight is 501 g/mol. The topological polar surface area (TPSA) is 66.4 Å². The first-order valence-corrected chi connectivity index (χ1v) is 12.5. The molecule has 0 aromatic heterocycles. The highest BCUT2D eigenvalue weighted by atomic mass is 32.2. The molecule has 0 aliphatic rings. The Kier molecular flexibility index (Phi) is 8.04. The minimum Gasteiger partial charge on any atom is -0.747 e. The van der Waals surface area contributed by atoms with Crippen molar-refractivity contribution in [3.05, 3.63) is 84.9 Å². The van der Waals surface area contributed by atoms with E-state index in [-0.39, 0.29) is 5.75 Å². The molecule has 0 amide bonds. The standard InChI is InChI=1S/C23H20F4O4S2/c24-21(22(23(25,26)27)33(28,29)30)15-16-31-17-11-13-20(14-12-17)32(18-7-3-1-4-8-18)19-9-5-2-6-10-19/h1-14,21-22H,15-16H2. The van der Waals surface area contributed by atoms with Crippen LogP contribution in [-0.4, -0.2) is 37.2 Å². The van der Waals surface area contributed by atoms with Gasteiger partial charge in [0.1, 0.15) is 22.0 Å². The second-order valence-electron chi connectivity index (χ2n) is 7.01. The van der Waals surface area contributed by atoms with E-state index in [4.69, 9.17) is 4.74 Å². The lowest BCUT2D eigenvalue weighted by Gasteiger charge is -2.26. The van der Waals surface area contributed by atoms with Crippen LogP contribution >= 0.6 is 0 Å². The minimum atomic E-state index is -5.89. The Morgan fingerprint density at radius 1 is 0.818 bits per heavy atom. The molecule has 3 rings (SSSR count). The fourth-order valence-electron chi connectivity index (χ4n) is 3.18. The molecule has 0 radical (unpaired) electrons. The molecule has 4 nitrogen and oxygen atoms in total. The van der Waals surface area contributed by atoms with Crippen LogP contribution in [-0.2, 0) is 21.0 Å². The lowest BCUT2D eigenvalue weighted by Crippen LogP contribution is -2.44. The molecule has 0 aliphatic heterocycles. The highest BCUT2D eigenvalue weighted by Gasteiger charge is 2.49. The maximum absolute atomic E-state index is 13.9. The molecule has 0 fully saturated rings. The van der Waals surface area contributed by atoms with Crippen molar-refractivity contribution in [1.82, 2.24) is 0 Å². The molecule has 33 heavy (non-hydrogen) atoms. The summed E-state index contributed by atoms with van der Waals surface area (Å²) in [4.78, 5) is 3.15. The molecular weight excluding hydrogens is 480 g/mol. The quantitative estimate of drug-likeness (QED) is 0.225. The van der Waals surface area contributed by atoms with Gasteiger partial charge in [-0.2, -0.15) is 13.2 Å². The Labute approximate surface area is 192 Å². The Hall–Kier alpha value is -2.56. The van der Waals surface area contributed by atoms with Gasteiger partial charge in [-0.25, -0.2) is 12.8 Å². The summed E-state index contributed by atoms with van der Waals surface area (Å²) in [5, 5.41) is -3.62. The van der Waals surface area contributed by atoms with Crippen LogP contribution in [0.5, 0.6) is 5.75 Å². The van der Waals surface area contributed by atoms with E-state index < -0.39 is 51.6 Å². The highest BCUT2D eigenvalue weighted by molar-refractivity contribution is 7.97. The second kappa shape index (κ2) is 10.6. The van der Waals surface area contributed by atoms with Crippen molar-refractivity contribution in [2.24, 2.45) is 0 Å². The van der Waals surface area contributed by atoms with E-state index in [0.29, 0.717) is 0 Å². The van der Waals surface area contributed by atoms with Crippen LogP contribution in [0.25, 0.3) is 0 Å². The number of halogens is 4. The zero-order chi connectivity index (χ0) is 24.1. The van der Waals surface area contributed by atoms with Crippen LogP contribution < -0.4 is 4.74 Å². The summed E-state index contributed by atoms with van der Waals surface area (Å²) >= 11 is 0. The van der Waals surface area contributed by atoms with E-state index >= 15 is 0 Å². The molecule has 0 aliphatic carbocycles. The third-order valence-corrected chi connectivity index (χ3v) is 8.06. The van der Waals surface area contributed by atoms with E-state index in [2.05, 4.69) is 0 Å². The first-order valence-electron chi connectivity index (χ1n) is 9.80. The number of alkyl halides is 4. The Morgan fingerprint density at radius 3 is 1.70 bits per heavy atom. The summed E-state index contributed by atoms with van der Waals surface area (Å²) < 4.78 is 90.0. The second-order valence-corrected chi connectivity index (χ2v) is 10.5. The lowest BCUT2D eigenvalue weighted by molar-refractivity contribution is -0.143. The van der Waals surface area contributed by atoms with Crippen molar-refractivity contribution in [1.29, 1.82) is 0 Å². The molecule has 176 valence electrons. The zero-order valence-electron chi connectivity index (χ0n) is 17.1. The van der Waals surface area contributed by atoms with Gasteiger partial charge >= 0.3 is 6.18 Å².